The standard InChI is InChI=1S/C9H7NO3/c11-9-8(10-12)7-4-2-1-3-6(7)5-13-9/h1-4,12H,5H2/b10-8-. The van der Waals surface area contributed by atoms with Crippen molar-refractivity contribution in [1.29, 1.82) is 0 Å². The Balaban J connectivity index is 2.58. The van der Waals surface area contributed by atoms with Gasteiger partial charge < -0.3 is 9.94 Å². The number of cyclic esters (lactones) is 1. The van der Waals surface area contributed by atoms with Gasteiger partial charge >= 0.3 is 5.97 Å². The Bertz CT molecular complexity index is 384. The Labute approximate surface area is 74.4 Å². The number of fused-ring (bicyclic) bond motifs is 1. The molecule has 13 heavy (non-hydrogen) atoms. The number of nitrogens with zero attached hydrogens (tertiary/aromatic N) is 1. The first-order chi connectivity index (χ1) is 6.33. The van der Waals surface area contributed by atoms with Gasteiger partial charge in [0.15, 0.2) is 5.71 Å². The van der Waals surface area contributed by atoms with Gasteiger partial charge in [0, 0.05) is 5.56 Å². The van der Waals surface area contributed by atoms with E-state index >= 15 is 0 Å². The number of hydrogen-bond donors (Lipinski definition) is 1. The van der Waals surface area contributed by atoms with E-state index in [0.717, 1.165) is 5.56 Å². The molecule has 4 heteroatoms. The largest absolute Gasteiger partial charge is 0.456 e. The molecule has 0 atom stereocenters. The van der Waals surface area contributed by atoms with E-state index in [2.05, 4.69) is 5.16 Å². The molecule has 4 nitrogen and oxygen atoms in total. The molecule has 0 aromatic heterocycles. The zero-order chi connectivity index (χ0) is 9.26. The van der Waals surface area contributed by atoms with Gasteiger partial charge in [0.05, 0.1) is 0 Å². The van der Waals surface area contributed by atoms with E-state index in [0.29, 0.717) is 5.56 Å². The monoisotopic (exact) mass is 177 g/mol. The zero-order valence-electron chi connectivity index (χ0n) is 6.73. The quantitative estimate of drug-likeness (QED) is 0.364. The molecule has 0 spiro atoms. The lowest BCUT2D eigenvalue weighted by Crippen LogP contribution is -2.25. The molecule has 0 fully saturated rings. The van der Waals surface area contributed by atoms with Crippen LogP contribution < -0.4 is 0 Å². The van der Waals surface area contributed by atoms with Crippen LogP contribution in [0.2, 0.25) is 0 Å². The van der Waals surface area contributed by atoms with Crippen LogP contribution in [-0.2, 0) is 16.1 Å². The number of rotatable bonds is 0. The average Bonchev–Trinajstić information content (AvgIpc) is 2.18. The molecule has 0 radical (unpaired) electrons. The lowest BCUT2D eigenvalue weighted by molar-refractivity contribution is -0.137. The van der Waals surface area contributed by atoms with Gasteiger partial charge in [-0.25, -0.2) is 4.79 Å². The Hall–Kier alpha value is -1.84. The molecular weight excluding hydrogens is 170 g/mol. The van der Waals surface area contributed by atoms with Crippen LogP contribution in [0.15, 0.2) is 29.4 Å². The first kappa shape index (κ1) is 7.79. The number of hydrogen-bond acceptors (Lipinski definition) is 4. The lowest BCUT2D eigenvalue weighted by atomic mass is 10.0. The molecule has 1 aromatic rings. The third-order valence-corrected chi connectivity index (χ3v) is 1.92. The molecule has 1 N–H and O–H groups in total. The van der Waals surface area contributed by atoms with Gasteiger partial charge in [0.2, 0.25) is 0 Å². The summed E-state index contributed by atoms with van der Waals surface area (Å²) in [6.45, 7) is 0.244. The van der Waals surface area contributed by atoms with Crippen LogP contribution >= 0.6 is 0 Å². The molecule has 1 heterocycles. The molecule has 1 aromatic carbocycles. The Morgan fingerprint density at radius 3 is 2.92 bits per heavy atom. The molecule has 0 unspecified atom stereocenters. The van der Waals surface area contributed by atoms with E-state index in [-0.39, 0.29) is 12.3 Å². The van der Waals surface area contributed by atoms with E-state index in [1.807, 2.05) is 12.1 Å². The number of carbonyl (C=O) groups excluding carboxylic acids is 1. The highest BCUT2D eigenvalue weighted by molar-refractivity contribution is 6.44. The number of oxime groups is 1. The summed E-state index contributed by atoms with van der Waals surface area (Å²) >= 11 is 0. The van der Waals surface area contributed by atoms with Crippen LogP contribution in [0.5, 0.6) is 0 Å². The molecule has 0 saturated heterocycles. The van der Waals surface area contributed by atoms with Crippen molar-refractivity contribution in [3.05, 3.63) is 35.4 Å². The van der Waals surface area contributed by atoms with Gasteiger partial charge in [0.25, 0.3) is 0 Å². The topological polar surface area (TPSA) is 58.9 Å². The smallest absolute Gasteiger partial charge is 0.361 e. The second kappa shape index (κ2) is 2.90. The fraction of sp³-hybridized carbons (Fsp3) is 0.111. The number of ether oxygens (including phenoxy) is 1. The van der Waals surface area contributed by atoms with E-state index in [4.69, 9.17) is 9.94 Å². The van der Waals surface area contributed by atoms with Gasteiger partial charge in [-0.1, -0.05) is 29.4 Å². The minimum Gasteiger partial charge on any atom is -0.456 e. The Kier molecular flexibility index (Phi) is 1.73. The highest BCUT2D eigenvalue weighted by Gasteiger charge is 2.24. The van der Waals surface area contributed by atoms with Crippen molar-refractivity contribution in [2.24, 2.45) is 5.16 Å². The summed E-state index contributed by atoms with van der Waals surface area (Å²) in [4.78, 5) is 11.1. The van der Waals surface area contributed by atoms with Crippen molar-refractivity contribution in [2.75, 3.05) is 0 Å². The highest BCUT2D eigenvalue weighted by atomic mass is 16.5. The van der Waals surface area contributed by atoms with E-state index in [1.54, 1.807) is 12.1 Å². The Morgan fingerprint density at radius 1 is 1.38 bits per heavy atom. The molecular formula is C9H7NO3. The second-order valence-corrected chi connectivity index (χ2v) is 2.68. The minimum absolute atomic E-state index is 0.0261. The summed E-state index contributed by atoms with van der Waals surface area (Å²) in [5.74, 6) is -0.582. The molecule has 66 valence electrons. The second-order valence-electron chi connectivity index (χ2n) is 2.68. The van der Waals surface area contributed by atoms with Gasteiger partial charge in [-0.2, -0.15) is 0 Å². The Morgan fingerprint density at radius 2 is 2.15 bits per heavy atom. The molecule has 1 aliphatic rings. The lowest BCUT2D eigenvalue weighted by Gasteiger charge is -2.15. The van der Waals surface area contributed by atoms with Gasteiger partial charge in [0.1, 0.15) is 6.61 Å². The molecule has 0 bridgehead atoms. The molecule has 2 rings (SSSR count). The van der Waals surface area contributed by atoms with Crippen molar-refractivity contribution in [3.8, 4) is 0 Å². The van der Waals surface area contributed by atoms with Crippen LogP contribution in [0.3, 0.4) is 0 Å². The van der Waals surface area contributed by atoms with Gasteiger partial charge in [-0.15, -0.1) is 0 Å². The normalized spacial score (nSPS) is 18.2. The first-order valence-electron chi connectivity index (χ1n) is 3.80. The summed E-state index contributed by atoms with van der Waals surface area (Å²) in [5.41, 5.74) is 1.47. The fourth-order valence-corrected chi connectivity index (χ4v) is 1.29. The van der Waals surface area contributed by atoms with Crippen LogP contribution in [-0.4, -0.2) is 16.9 Å². The maximum Gasteiger partial charge on any atom is 0.361 e. The number of carbonyl (C=O) groups is 1. The molecule has 0 saturated carbocycles. The van der Waals surface area contributed by atoms with Crippen LogP contribution in [0.4, 0.5) is 0 Å². The van der Waals surface area contributed by atoms with Crippen molar-refractivity contribution >= 4 is 11.7 Å². The SMILES string of the molecule is O=C1OCc2ccccc2/C1=N/O. The number of esters is 1. The summed E-state index contributed by atoms with van der Waals surface area (Å²) in [6.07, 6.45) is 0. The maximum atomic E-state index is 11.1. The van der Waals surface area contributed by atoms with E-state index < -0.39 is 5.97 Å². The van der Waals surface area contributed by atoms with Crippen molar-refractivity contribution in [1.82, 2.24) is 0 Å². The molecule has 0 aliphatic carbocycles. The van der Waals surface area contributed by atoms with Crippen LogP contribution in [0.25, 0.3) is 0 Å². The third kappa shape index (κ3) is 1.16. The van der Waals surface area contributed by atoms with Crippen LogP contribution in [0, 0.1) is 0 Å². The predicted molar refractivity (Wildman–Crippen MR) is 44.6 cm³/mol. The minimum atomic E-state index is -0.582. The zero-order valence-corrected chi connectivity index (χ0v) is 6.73. The summed E-state index contributed by atoms with van der Waals surface area (Å²) in [7, 11) is 0. The van der Waals surface area contributed by atoms with Crippen molar-refractivity contribution in [3.63, 3.8) is 0 Å². The number of benzene rings is 1. The first-order valence-corrected chi connectivity index (χ1v) is 3.80. The highest BCUT2D eigenvalue weighted by Crippen LogP contribution is 2.17. The van der Waals surface area contributed by atoms with Crippen LogP contribution in [0.1, 0.15) is 11.1 Å². The summed E-state index contributed by atoms with van der Waals surface area (Å²) in [5, 5.41) is 11.5. The fourth-order valence-electron chi connectivity index (χ4n) is 1.29. The molecule has 1 aliphatic heterocycles. The average molecular weight is 177 g/mol. The molecule has 0 amide bonds. The maximum absolute atomic E-state index is 11.1. The van der Waals surface area contributed by atoms with E-state index in [1.165, 1.54) is 0 Å². The predicted octanol–water partition coefficient (Wildman–Crippen LogP) is 0.922. The van der Waals surface area contributed by atoms with Crippen molar-refractivity contribution < 1.29 is 14.7 Å². The van der Waals surface area contributed by atoms with Gasteiger partial charge in [-0.3, -0.25) is 0 Å². The third-order valence-electron chi connectivity index (χ3n) is 1.92. The summed E-state index contributed by atoms with van der Waals surface area (Å²) in [6, 6.07) is 7.17. The van der Waals surface area contributed by atoms with Crippen molar-refractivity contribution in [2.45, 2.75) is 6.61 Å². The summed E-state index contributed by atoms with van der Waals surface area (Å²) < 4.78 is 4.78. The van der Waals surface area contributed by atoms with E-state index in [9.17, 15) is 4.79 Å². The van der Waals surface area contributed by atoms with Gasteiger partial charge in [-0.05, 0) is 5.56 Å².